The molecule has 1 atom stereocenters. The van der Waals surface area contributed by atoms with E-state index in [-0.39, 0.29) is 5.91 Å². The number of thiol groups is 1. The van der Waals surface area contributed by atoms with E-state index in [0.717, 1.165) is 11.3 Å². The van der Waals surface area contributed by atoms with Gasteiger partial charge in [-0.2, -0.15) is 0 Å². The van der Waals surface area contributed by atoms with E-state index in [1.165, 1.54) is 11.1 Å². The number of fused-ring (bicyclic) bond motifs is 1. The average Bonchev–Trinajstić information content (AvgIpc) is 2.42. The Labute approximate surface area is 128 Å². The highest BCUT2D eigenvalue weighted by atomic mass is 35.5. The summed E-state index contributed by atoms with van der Waals surface area (Å²) in [6.45, 7) is 0.642. The molecule has 0 heterocycles. The molecule has 0 radical (unpaired) electrons. The van der Waals surface area contributed by atoms with Crippen LogP contribution in [0.25, 0.3) is 0 Å². The number of carbonyl (C=O) groups is 1. The van der Waals surface area contributed by atoms with Gasteiger partial charge in [0.05, 0.1) is 10.6 Å². The Balaban J connectivity index is 1.65. The number of hydrogen-bond donors (Lipinski definition) is 2. The first-order valence-corrected chi connectivity index (χ1v) is 7.32. The first kappa shape index (κ1) is 13.5. The van der Waals surface area contributed by atoms with Crippen LogP contribution in [-0.2, 0) is 6.42 Å². The second-order valence-corrected chi connectivity index (χ2v) is 5.90. The van der Waals surface area contributed by atoms with Crippen molar-refractivity contribution in [1.29, 1.82) is 0 Å². The lowest BCUT2D eigenvalue weighted by atomic mass is 9.77. The fourth-order valence-electron chi connectivity index (χ4n) is 2.54. The molecule has 0 aliphatic heterocycles. The van der Waals surface area contributed by atoms with Crippen LogP contribution in [0.2, 0.25) is 5.02 Å². The highest BCUT2D eigenvalue weighted by molar-refractivity contribution is 7.80. The number of rotatable bonds is 3. The quantitative estimate of drug-likeness (QED) is 0.832. The SMILES string of the molecule is O=C(NCC1Cc2ccccc21)c1cc(S)ccc1Cl. The number of hydrogen-bond acceptors (Lipinski definition) is 2. The Morgan fingerprint density at radius 3 is 2.90 bits per heavy atom. The molecular weight excluding hydrogens is 290 g/mol. The summed E-state index contributed by atoms with van der Waals surface area (Å²) >= 11 is 10.3. The van der Waals surface area contributed by atoms with Crippen LogP contribution in [0.5, 0.6) is 0 Å². The van der Waals surface area contributed by atoms with Crippen molar-refractivity contribution in [3.8, 4) is 0 Å². The molecule has 0 saturated heterocycles. The van der Waals surface area contributed by atoms with Crippen LogP contribution < -0.4 is 5.32 Å². The monoisotopic (exact) mass is 303 g/mol. The lowest BCUT2D eigenvalue weighted by molar-refractivity contribution is 0.0950. The molecule has 102 valence electrons. The van der Waals surface area contributed by atoms with Crippen molar-refractivity contribution in [2.45, 2.75) is 17.2 Å². The van der Waals surface area contributed by atoms with Crippen molar-refractivity contribution in [3.05, 3.63) is 64.2 Å². The molecule has 0 bridgehead atoms. The fourth-order valence-corrected chi connectivity index (χ4v) is 2.95. The van der Waals surface area contributed by atoms with Crippen molar-refractivity contribution in [2.24, 2.45) is 0 Å². The van der Waals surface area contributed by atoms with Gasteiger partial charge in [0, 0.05) is 17.4 Å². The average molecular weight is 304 g/mol. The van der Waals surface area contributed by atoms with Gasteiger partial charge in [0.1, 0.15) is 0 Å². The Bertz CT molecular complexity index is 671. The normalized spacial score (nSPS) is 16.2. The molecule has 1 aliphatic carbocycles. The molecule has 2 aromatic rings. The molecule has 0 saturated carbocycles. The largest absolute Gasteiger partial charge is 0.351 e. The standard InChI is InChI=1S/C16H14ClNOS/c17-15-6-5-12(20)8-14(15)16(19)18-9-11-7-10-3-1-2-4-13(10)11/h1-6,8,11,20H,7,9H2,(H,18,19). The fraction of sp³-hybridized carbons (Fsp3) is 0.188. The summed E-state index contributed by atoms with van der Waals surface area (Å²) in [5.74, 6) is 0.267. The summed E-state index contributed by atoms with van der Waals surface area (Å²) in [6, 6.07) is 13.5. The number of amides is 1. The van der Waals surface area contributed by atoms with E-state index >= 15 is 0 Å². The molecule has 2 aromatic carbocycles. The molecule has 1 unspecified atom stereocenters. The van der Waals surface area contributed by atoms with E-state index in [0.29, 0.717) is 23.0 Å². The molecule has 1 N–H and O–H groups in total. The smallest absolute Gasteiger partial charge is 0.252 e. The number of halogens is 1. The van der Waals surface area contributed by atoms with Crippen LogP contribution in [0.3, 0.4) is 0 Å². The van der Waals surface area contributed by atoms with Crippen LogP contribution in [0.4, 0.5) is 0 Å². The minimum absolute atomic E-state index is 0.143. The lowest BCUT2D eigenvalue weighted by Gasteiger charge is -2.30. The van der Waals surface area contributed by atoms with Crippen molar-refractivity contribution < 1.29 is 4.79 Å². The maximum atomic E-state index is 12.1. The highest BCUT2D eigenvalue weighted by Crippen LogP contribution is 2.34. The summed E-state index contributed by atoms with van der Waals surface area (Å²) in [4.78, 5) is 12.9. The van der Waals surface area contributed by atoms with Crippen LogP contribution in [0, 0.1) is 0 Å². The van der Waals surface area contributed by atoms with Crippen molar-refractivity contribution >= 4 is 30.1 Å². The van der Waals surface area contributed by atoms with Gasteiger partial charge in [0.15, 0.2) is 0 Å². The van der Waals surface area contributed by atoms with Gasteiger partial charge in [-0.1, -0.05) is 35.9 Å². The summed E-state index contributed by atoms with van der Waals surface area (Å²) < 4.78 is 0. The minimum atomic E-state index is -0.143. The van der Waals surface area contributed by atoms with Crippen LogP contribution in [0.1, 0.15) is 27.4 Å². The van der Waals surface area contributed by atoms with E-state index < -0.39 is 0 Å². The van der Waals surface area contributed by atoms with Crippen LogP contribution >= 0.6 is 24.2 Å². The molecule has 1 aliphatic rings. The van der Waals surface area contributed by atoms with Crippen LogP contribution in [0.15, 0.2) is 47.4 Å². The number of benzene rings is 2. The Hall–Kier alpha value is -1.45. The molecule has 1 amide bonds. The van der Waals surface area contributed by atoms with E-state index in [1.807, 2.05) is 12.1 Å². The van der Waals surface area contributed by atoms with Crippen molar-refractivity contribution in [3.63, 3.8) is 0 Å². The summed E-state index contributed by atoms with van der Waals surface area (Å²) in [5, 5.41) is 3.41. The Morgan fingerprint density at radius 2 is 2.10 bits per heavy atom. The molecule has 3 rings (SSSR count). The van der Waals surface area contributed by atoms with Gasteiger partial charge in [-0.15, -0.1) is 12.6 Å². The van der Waals surface area contributed by atoms with E-state index in [4.69, 9.17) is 11.6 Å². The van der Waals surface area contributed by atoms with Gasteiger partial charge in [0.25, 0.3) is 5.91 Å². The number of carbonyl (C=O) groups excluding carboxylic acids is 1. The van der Waals surface area contributed by atoms with Crippen molar-refractivity contribution in [1.82, 2.24) is 5.32 Å². The van der Waals surface area contributed by atoms with Gasteiger partial charge < -0.3 is 5.32 Å². The third kappa shape index (κ3) is 2.56. The zero-order valence-electron chi connectivity index (χ0n) is 10.8. The first-order chi connectivity index (χ1) is 9.65. The molecular formula is C16H14ClNOS. The van der Waals surface area contributed by atoms with Gasteiger partial charge in [-0.3, -0.25) is 4.79 Å². The first-order valence-electron chi connectivity index (χ1n) is 6.49. The van der Waals surface area contributed by atoms with Gasteiger partial charge in [-0.25, -0.2) is 0 Å². The van der Waals surface area contributed by atoms with E-state index in [1.54, 1.807) is 18.2 Å². The Morgan fingerprint density at radius 1 is 1.30 bits per heavy atom. The highest BCUT2D eigenvalue weighted by Gasteiger charge is 2.25. The zero-order valence-corrected chi connectivity index (χ0v) is 12.4. The summed E-state index contributed by atoms with van der Waals surface area (Å²) in [5.41, 5.74) is 3.19. The molecule has 20 heavy (non-hydrogen) atoms. The summed E-state index contributed by atoms with van der Waals surface area (Å²) in [6.07, 6.45) is 1.02. The molecule has 0 fully saturated rings. The van der Waals surface area contributed by atoms with Crippen LogP contribution in [-0.4, -0.2) is 12.5 Å². The molecule has 2 nitrogen and oxygen atoms in total. The van der Waals surface area contributed by atoms with E-state index in [9.17, 15) is 4.79 Å². The summed E-state index contributed by atoms with van der Waals surface area (Å²) in [7, 11) is 0. The predicted octanol–water partition coefficient (Wildman–Crippen LogP) is 3.70. The second kappa shape index (κ2) is 5.51. The molecule has 0 aromatic heterocycles. The van der Waals surface area contributed by atoms with Gasteiger partial charge >= 0.3 is 0 Å². The second-order valence-electron chi connectivity index (χ2n) is 4.97. The Kier molecular flexibility index (Phi) is 3.72. The van der Waals surface area contributed by atoms with Gasteiger partial charge in [-0.05, 0) is 35.7 Å². The third-order valence-electron chi connectivity index (χ3n) is 3.66. The third-order valence-corrected chi connectivity index (χ3v) is 4.27. The topological polar surface area (TPSA) is 29.1 Å². The maximum Gasteiger partial charge on any atom is 0.252 e. The minimum Gasteiger partial charge on any atom is -0.351 e. The zero-order chi connectivity index (χ0) is 14.1. The maximum absolute atomic E-state index is 12.1. The predicted molar refractivity (Wildman–Crippen MR) is 83.9 cm³/mol. The molecule has 0 spiro atoms. The molecule has 4 heteroatoms. The lowest BCUT2D eigenvalue weighted by Crippen LogP contribution is -2.33. The van der Waals surface area contributed by atoms with Gasteiger partial charge in [0.2, 0.25) is 0 Å². The van der Waals surface area contributed by atoms with E-state index in [2.05, 4.69) is 30.1 Å². The number of nitrogens with one attached hydrogen (secondary N) is 1. The van der Waals surface area contributed by atoms with Crippen molar-refractivity contribution in [2.75, 3.05) is 6.54 Å².